The lowest BCUT2D eigenvalue weighted by molar-refractivity contribution is 0.0122. The van der Waals surface area contributed by atoms with Crippen molar-refractivity contribution < 1.29 is 17.0 Å². The van der Waals surface area contributed by atoms with E-state index in [0.717, 1.165) is 81.7 Å². The second kappa shape index (κ2) is 8.76. The number of aromatic nitrogens is 2. The summed E-state index contributed by atoms with van der Waals surface area (Å²) < 4.78 is 29.8. The van der Waals surface area contributed by atoms with E-state index >= 15 is 0 Å². The summed E-state index contributed by atoms with van der Waals surface area (Å²) in [7, 11) is 0. The Morgan fingerprint density at radius 1 is 1.17 bits per heavy atom. The van der Waals surface area contributed by atoms with E-state index in [4.69, 9.17) is 22.2 Å². The monoisotopic (exact) mass is 486 g/mol. The van der Waals surface area contributed by atoms with Gasteiger partial charge in [0.25, 0.3) is 0 Å². The molecule has 5 aliphatic rings. The summed E-state index contributed by atoms with van der Waals surface area (Å²) in [6.07, 6.45) is 6.06. The third kappa shape index (κ3) is 4.35. The SMILES string of the molecule is [2H]C([2H])(Oc1nc2c(c(N3CC4CCC(C3)N4C(=O)OC(C)(C)C)n1)CCNC2)C12CCCN1CCC2. The van der Waals surface area contributed by atoms with Crippen LogP contribution in [0.3, 0.4) is 0 Å². The topological polar surface area (TPSA) is 83.1 Å². The maximum atomic E-state index is 13.0. The molecule has 0 spiro atoms. The lowest BCUT2D eigenvalue weighted by Crippen LogP contribution is -2.57. The van der Waals surface area contributed by atoms with Crippen molar-refractivity contribution in [2.75, 3.05) is 44.2 Å². The molecule has 6 heterocycles. The fourth-order valence-corrected chi connectivity index (χ4v) is 6.73. The van der Waals surface area contributed by atoms with E-state index < -0.39 is 17.7 Å². The summed E-state index contributed by atoms with van der Waals surface area (Å²) in [5, 5.41) is 3.39. The van der Waals surface area contributed by atoms with Gasteiger partial charge in [-0.15, -0.1) is 0 Å². The molecule has 1 aromatic rings. The van der Waals surface area contributed by atoms with Gasteiger partial charge in [0.05, 0.1) is 26.1 Å². The first-order valence-corrected chi connectivity index (χ1v) is 13.4. The van der Waals surface area contributed by atoms with E-state index in [9.17, 15) is 4.79 Å². The first-order valence-electron chi connectivity index (χ1n) is 14.4. The third-order valence-electron chi connectivity index (χ3n) is 8.26. The van der Waals surface area contributed by atoms with Crippen LogP contribution in [0.15, 0.2) is 0 Å². The van der Waals surface area contributed by atoms with Crippen molar-refractivity contribution in [1.29, 1.82) is 0 Å². The van der Waals surface area contributed by atoms with Crippen LogP contribution < -0.4 is 15.0 Å². The zero-order valence-corrected chi connectivity index (χ0v) is 21.3. The van der Waals surface area contributed by atoms with Crippen LogP contribution in [0.1, 0.15) is 73.3 Å². The average molecular weight is 487 g/mol. The first-order chi connectivity index (χ1) is 17.6. The van der Waals surface area contributed by atoms with E-state index in [1.165, 1.54) is 0 Å². The van der Waals surface area contributed by atoms with Gasteiger partial charge in [-0.25, -0.2) is 4.79 Å². The Hall–Kier alpha value is -2.13. The zero-order chi connectivity index (χ0) is 26.0. The number of nitrogens with one attached hydrogen (secondary N) is 1. The van der Waals surface area contributed by atoms with E-state index in [-0.39, 0.29) is 24.2 Å². The van der Waals surface area contributed by atoms with Crippen LogP contribution in [0.25, 0.3) is 0 Å². The Morgan fingerprint density at radius 2 is 1.89 bits per heavy atom. The molecule has 0 aromatic carbocycles. The number of ether oxygens (including phenoxy) is 2. The third-order valence-corrected chi connectivity index (χ3v) is 8.26. The minimum atomic E-state index is -1.87. The predicted octanol–water partition coefficient (Wildman–Crippen LogP) is 2.72. The van der Waals surface area contributed by atoms with Gasteiger partial charge in [-0.1, -0.05) is 0 Å². The summed E-state index contributed by atoms with van der Waals surface area (Å²) in [5.74, 6) is 0.838. The molecule has 192 valence electrons. The highest BCUT2D eigenvalue weighted by Gasteiger charge is 2.46. The molecular formula is C26H40N6O3. The molecule has 0 radical (unpaired) electrons. The van der Waals surface area contributed by atoms with Gasteiger partial charge < -0.3 is 19.7 Å². The molecular weight excluding hydrogens is 444 g/mol. The number of nitrogens with zero attached hydrogens (tertiary/aromatic N) is 5. The van der Waals surface area contributed by atoms with Crippen LogP contribution in [-0.4, -0.2) is 88.4 Å². The molecule has 6 rings (SSSR count). The Kier molecular flexibility index (Phi) is 5.26. The predicted molar refractivity (Wildman–Crippen MR) is 133 cm³/mol. The van der Waals surface area contributed by atoms with Gasteiger partial charge in [0.15, 0.2) is 0 Å². The van der Waals surface area contributed by atoms with E-state index in [0.29, 0.717) is 19.6 Å². The Labute approximate surface area is 211 Å². The van der Waals surface area contributed by atoms with E-state index in [1.54, 1.807) is 0 Å². The normalized spacial score (nSPS) is 28.9. The summed E-state index contributed by atoms with van der Waals surface area (Å²) in [6.45, 7) is 8.51. The number of carbonyl (C=O) groups is 1. The van der Waals surface area contributed by atoms with Crippen LogP contribution in [-0.2, 0) is 17.7 Å². The summed E-state index contributed by atoms with van der Waals surface area (Å²) in [6, 6.07) is 0.264. The maximum Gasteiger partial charge on any atom is 0.410 e. The van der Waals surface area contributed by atoms with Crippen molar-refractivity contribution in [1.82, 2.24) is 25.1 Å². The molecule has 2 unspecified atom stereocenters. The number of fused-ring (bicyclic) bond motifs is 4. The molecule has 2 bridgehead atoms. The molecule has 35 heavy (non-hydrogen) atoms. The van der Waals surface area contributed by atoms with Gasteiger partial charge in [0, 0.05) is 25.2 Å². The van der Waals surface area contributed by atoms with Gasteiger partial charge in [-0.3, -0.25) is 9.80 Å². The molecule has 1 amide bonds. The second-order valence-electron chi connectivity index (χ2n) is 11.8. The summed E-state index contributed by atoms with van der Waals surface area (Å²) in [5.41, 5.74) is 0.878. The molecule has 4 saturated heterocycles. The van der Waals surface area contributed by atoms with Crippen LogP contribution >= 0.6 is 0 Å². The first kappa shape index (κ1) is 21.0. The number of amides is 1. The zero-order valence-electron chi connectivity index (χ0n) is 23.3. The van der Waals surface area contributed by atoms with Crippen molar-refractivity contribution in [2.24, 2.45) is 0 Å². The number of anilines is 1. The number of hydrogen-bond donors (Lipinski definition) is 1. The smallest absolute Gasteiger partial charge is 0.410 e. The largest absolute Gasteiger partial charge is 0.461 e. The van der Waals surface area contributed by atoms with Crippen LogP contribution in [0.4, 0.5) is 10.6 Å². The Morgan fingerprint density at radius 3 is 2.57 bits per heavy atom. The van der Waals surface area contributed by atoms with Gasteiger partial charge in [-0.2, -0.15) is 9.97 Å². The van der Waals surface area contributed by atoms with Crippen molar-refractivity contribution in [3.8, 4) is 6.01 Å². The molecule has 5 aliphatic heterocycles. The van der Waals surface area contributed by atoms with Crippen molar-refractivity contribution >= 4 is 11.9 Å². The lowest BCUT2D eigenvalue weighted by atomic mass is 9.95. The Balaban J connectivity index is 1.27. The molecule has 1 N–H and O–H groups in total. The lowest BCUT2D eigenvalue weighted by Gasteiger charge is -2.42. The Bertz CT molecular complexity index is 1040. The highest BCUT2D eigenvalue weighted by Crippen LogP contribution is 2.40. The molecule has 0 saturated carbocycles. The van der Waals surface area contributed by atoms with Crippen LogP contribution in [0.5, 0.6) is 6.01 Å². The molecule has 2 atom stereocenters. The molecule has 0 aliphatic carbocycles. The minimum Gasteiger partial charge on any atom is -0.461 e. The van der Waals surface area contributed by atoms with Gasteiger partial charge >= 0.3 is 12.1 Å². The van der Waals surface area contributed by atoms with E-state index in [2.05, 4.69) is 15.1 Å². The highest BCUT2D eigenvalue weighted by atomic mass is 16.6. The van der Waals surface area contributed by atoms with Crippen molar-refractivity contribution in [3.63, 3.8) is 0 Å². The van der Waals surface area contributed by atoms with Gasteiger partial charge in [0.2, 0.25) is 0 Å². The number of hydrogen-bond acceptors (Lipinski definition) is 8. The molecule has 9 heteroatoms. The number of piperazine rings is 1. The number of rotatable bonds is 4. The standard InChI is InChI=1S/C26H40N6O3/c1-25(2,3)35-24(33)32-18-6-7-19(32)16-30(15-18)22-20-8-11-27-14-21(20)28-23(29-22)34-17-26-9-4-12-31(26)13-5-10-26/h18-19,27H,4-17H2,1-3H3/i17D2. The molecule has 9 nitrogen and oxygen atoms in total. The van der Waals surface area contributed by atoms with Crippen LogP contribution in [0, 0.1) is 0 Å². The molecule has 4 fully saturated rings. The average Bonchev–Trinajstić information content (AvgIpc) is 3.49. The van der Waals surface area contributed by atoms with Crippen LogP contribution in [0.2, 0.25) is 0 Å². The highest BCUT2D eigenvalue weighted by molar-refractivity contribution is 5.70. The van der Waals surface area contributed by atoms with E-state index in [1.807, 2.05) is 25.7 Å². The van der Waals surface area contributed by atoms with Crippen molar-refractivity contribution in [3.05, 3.63) is 11.3 Å². The minimum absolute atomic E-state index is 0.0705. The summed E-state index contributed by atoms with van der Waals surface area (Å²) >= 11 is 0. The second-order valence-corrected chi connectivity index (χ2v) is 11.8. The van der Waals surface area contributed by atoms with Crippen molar-refractivity contribution in [2.45, 2.75) is 95.5 Å². The van der Waals surface area contributed by atoms with Gasteiger partial charge in [0.1, 0.15) is 18.0 Å². The fourth-order valence-electron chi connectivity index (χ4n) is 6.73. The maximum absolute atomic E-state index is 13.0. The number of carbonyl (C=O) groups excluding carboxylic acids is 1. The summed E-state index contributed by atoms with van der Waals surface area (Å²) in [4.78, 5) is 29.0. The molecule has 1 aromatic heterocycles. The quantitative estimate of drug-likeness (QED) is 0.696. The fraction of sp³-hybridized carbons (Fsp3) is 0.808. The van der Waals surface area contributed by atoms with Gasteiger partial charge in [-0.05, 0) is 85.4 Å².